The van der Waals surface area contributed by atoms with Gasteiger partial charge in [-0.1, -0.05) is 12.8 Å². The molecule has 0 aromatic heterocycles. The van der Waals surface area contributed by atoms with Crippen molar-refractivity contribution in [2.24, 2.45) is 0 Å². The average Bonchev–Trinajstić information content (AvgIpc) is 2.29. The van der Waals surface area contributed by atoms with Crippen molar-refractivity contribution in [3.63, 3.8) is 0 Å². The van der Waals surface area contributed by atoms with Gasteiger partial charge in [0.15, 0.2) is 0 Å². The predicted octanol–water partition coefficient (Wildman–Crippen LogP) is 1.22. The molecule has 0 heterocycles. The lowest BCUT2D eigenvalue weighted by Crippen LogP contribution is -2.45. The largest absolute Gasteiger partial charge is 0.391 e. The van der Waals surface area contributed by atoms with Crippen LogP contribution in [0.5, 0.6) is 0 Å². The molecule has 2 N–H and O–H groups in total. The van der Waals surface area contributed by atoms with Crippen LogP contribution < -0.4 is 5.32 Å². The summed E-state index contributed by atoms with van der Waals surface area (Å²) < 4.78 is 5.08. The summed E-state index contributed by atoms with van der Waals surface area (Å²) in [6.07, 6.45) is 4.81. The Kier molecular flexibility index (Phi) is 5.77. The molecule has 0 spiro atoms. The second-order valence-corrected chi connectivity index (χ2v) is 4.61. The molecule has 4 nitrogen and oxygen atoms in total. The smallest absolute Gasteiger partial charge is 0.220 e. The quantitative estimate of drug-likeness (QED) is 0.745. The van der Waals surface area contributed by atoms with E-state index in [2.05, 4.69) is 5.32 Å². The van der Waals surface area contributed by atoms with Crippen molar-refractivity contribution in [1.29, 1.82) is 0 Å². The standard InChI is InChI=1S/C12H23NO3/c1-9(16-2)7-8-12(15)13-10-5-3-4-6-11(10)14/h9-11,14H,3-8H2,1-2H3,(H,13,15)/t9?,10-,11-/m1/s1. The first-order chi connectivity index (χ1) is 7.63. The molecule has 1 saturated carbocycles. The Balaban J connectivity index is 2.22. The Morgan fingerprint density at radius 2 is 2.19 bits per heavy atom. The van der Waals surface area contributed by atoms with Crippen molar-refractivity contribution in [1.82, 2.24) is 5.32 Å². The highest BCUT2D eigenvalue weighted by molar-refractivity contribution is 5.76. The van der Waals surface area contributed by atoms with Gasteiger partial charge in [0.25, 0.3) is 0 Å². The fourth-order valence-electron chi connectivity index (χ4n) is 2.01. The fraction of sp³-hybridized carbons (Fsp3) is 0.917. The van der Waals surface area contributed by atoms with Gasteiger partial charge in [-0.25, -0.2) is 0 Å². The first-order valence-corrected chi connectivity index (χ1v) is 6.13. The Labute approximate surface area is 97.4 Å². The van der Waals surface area contributed by atoms with E-state index in [1.807, 2.05) is 6.92 Å². The summed E-state index contributed by atoms with van der Waals surface area (Å²) >= 11 is 0. The minimum atomic E-state index is -0.363. The third-order valence-corrected chi connectivity index (χ3v) is 3.26. The Bertz CT molecular complexity index is 220. The summed E-state index contributed by atoms with van der Waals surface area (Å²) in [7, 11) is 1.65. The van der Waals surface area contributed by atoms with Crippen LogP contribution in [0.2, 0.25) is 0 Å². The maximum absolute atomic E-state index is 11.6. The molecule has 16 heavy (non-hydrogen) atoms. The molecule has 1 rings (SSSR count). The number of ether oxygens (including phenoxy) is 1. The van der Waals surface area contributed by atoms with E-state index in [0.717, 1.165) is 32.1 Å². The molecule has 94 valence electrons. The first kappa shape index (κ1) is 13.5. The fourth-order valence-corrected chi connectivity index (χ4v) is 2.01. The van der Waals surface area contributed by atoms with E-state index in [9.17, 15) is 9.90 Å². The van der Waals surface area contributed by atoms with Crippen LogP contribution in [0.25, 0.3) is 0 Å². The van der Waals surface area contributed by atoms with E-state index in [-0.39, 0.29) is 24.2 Å². The Hall–Kier alpha value is -0.610. The molecule has 3 atom stereocenters. The number of methoxy groups -OCH3 is 1. The summed E-state index contributed by atoms with van der Waals surface area (Å²) in [6, 6.07) is -0.0425. The lowest BCUT2D eigenvalue weighted by atomic mass is 9.92. The van der Waals surface area contributed by atoms with E-state index in [1.165, 1.54) is 0 Å². The second-order valence-electron chi connectivity index (χ2n) is 4.61. The summed E-state index contributed by atoms with van der Waals surface area (Å²) in [4.78, 5) is 11.6. The van der Waals surface area contributed by atoms with Crippen LogP contribution in [0.4, 0.5) is 0 Å². The molecule has 0 saturated heterocycles. The van der Waals surface area contributed by atoms with Crippen molar-refractivity contribution in [2.75, 3.05) is 7.11 Å². The number of hydrogen-bond donors (Lipinski definition) is 2. The SMILES string of the molecule is COC(C)CCC(=O)N[C@@H]1CCCC[C@H]1O. The van der Waals surface area contributed by atoms with Gasteiger partial charge in [-0.3, -0.25) is 4.79 Å². The van der Waals surface area contributed by atoms with Crippen molar-refractivity contribution in [3.8, 4) is 0 Å². The number of nitrogens with one attached hydrogen (secondary N) is 1. The second kappa shape index (κ2) is 6.86. The third-order valence-electron chi connectivity index (χ3n) is 3.26. The van der Waals surface area contributed by atoms with Gasteiger partial charge in [0.05, 0.1) is 18.2 Å². The van der Waals surface area contributed by atoms with E-state index < -0.39 is 0 Å². The predicted molar refractivity (Wildman–Crippen MR) is 62.1 cm³/mol. The van der Waals surface area contributed by atoms with Crippen molar-refractivity contribution < 1.29 is 14.6 Å². The van der Waals surface area contributed by atoms with E-state index in [4.69, 9.17) is 4.74 Å². The Morgan fingerprint density at radius 3 is 2.81 bits per heavy atom. The van der Waals surface area contributed by atoms with Crippen molar-refractivity contribution in [2.45, 2.75) is 63.7 Å². The molecule has 4 heteroatoms. The highest BCUT2D eigenvalue weighted by Gasteiger charge is 2.24. The van der Waals surface area contributed by atoms with Crippen LogP contribution in [-0.4, -0.2) is 36.4 Å². The minimum absolute atomic E-state index is 0.0230. The van der Waals surface area contributed by atoms with Gasteiger partial charge in [0.2, 0.25) is 5.91 Å². The summed E-state index contributed by atoms with van der Waals surface area (Å²) in [5.74, 6) is 0.0230. The van der Waals surface area contributed by atoms with Gasteiger partial charge in [-0.05, 0) is 26.2 Å². The first-order valence-electron chi connectivity index (χ1n) is 6.13. The average molecular weight is 229 g/mol. The zero-order valence-electron chi connectivity index (χ0n) is 10.2. The maximum atomic E-state index is 11.6. The topological polar surface area (TPSA) is 58.6 Å². The van der Waals surface area contributed by atoms with E-state index in [1.54, 1.807) is 7.11 Å². The zero-order valence-corrected chi connectivity index (χ0v) is 10.2. The molecule has 0 aromatic rings. The maximum Gasteiger partial charge on any atom is 0.220 e. The van der Waals surface area contributed by atoms with Gasteiger partial charge in [-0.2, -0.15) is 0 Å². The molecule has 1 aliphatic rings. The number of aliphatic hydroxyl groups is 1. The van der Waals surface area contributed by atoms with Crippen LogP contribution in [0.1, 0.15) is 45.4 Å². The Morgan fingerprint density at radius 1 is 1.50 bits per heavy atom. The molecule has 1 amide bonds. The molecule has 1 aliphatic carbocycles. The molecular formula is C12H23NO3. The molecule has 1 unspecified atom stereocenters. The molecule has 0 aliphatic heterocycles. The third kappa shape index (κ3) is 4.49. The number of aliphatic hydroxyl groups excluding tert-OH is 1. The van der Waals surface area contributed by atoms with Crippen molar-refractivity contribution >= 4 is 5.91 Å². The number of rotatable bonds is 5. The number of hydrogen-bond acceptors (Lipinski definition) is 3. The van der Waals surface area contributed by atoms with Gasteiger partial charge in [0, 0.05) is 13.5 Å². The van der Waals surface area contributed by atoms with Gasteiger partial charge >= 0.3 is 0 Å². The molecule has 0 radical (unpaired) electrons. The van der Waals surface area contributed by atoms with Crippen LogP contribution in [0.3, 0.4) is 0 Å². The summed E-state index contributed by atoms with van der Waals surface area (Å²) in [5, 5.41) is 12.6. The molecular weight excluding hydrogens is 206 g/mol. The minimum Gasteiger partial charge on any atom is -0.391 e. The lowest BCUT2D eigenvalue weighted by molar-refractivity contribution is -0.123. The highest BCUT2D eigenvalue weighted by atomic mass is 16.5. The molecule has 0 bridgehead atoms. The summed E-state index contributed by atoms with van der Waals surface area (Å²) in [6.45, 7) is 1.95. The van der Waals surface area contributed by atoms with Crippen LogP contribution in [0, 0.1) is 0 Å². The molecule has 1 fully saturated rings. The van der Waals surface area contributed by atoms with E-state index >= 15 is 0 Å². The number of carbonyl (C=O) groups is 1. The van der Waals surface area contributed by atoms with Crippen LogP contribution >= 0.6 is 0 Å². The van der Waals surface area contributed by atoms with Gasteiger partial charge < -0.3 is 15.2 Å². The normalized spacial score (nSPS) is 27.4. The van der Waals surface area contributed by atoms with Crippen LogP contribution in [0.15, 0.2) is 0 Å². The zero-order chi connectivity index (χ0) is 12.0. The van der Waals surface area contributed by atoms with Crippen LogP contribution in [-0.2, 0) is 9.53 Å². The number of amides is 1. The van der Waals surface area contributed by atoms with Gasteiger partial charge in [0.1, 0.15) is 0 Å². The van der Waals surface area contributed by atoms with E-state index in [0.29, 0.717) is 6.42 Å². The monoisotopic (exact) mass is 229 g/mol. The summed E-state index contributed by atoms with van der Waals surface area (Å²) in [5.41, 5.74) is 0. The molecule has 0 aromatic carbocycles. The highest BCUT2D eigenvalue weighted by Crippen LogP contribution is 2.18. The van der Waals surface area contributed by atoms with Gasteiger partial charge in [-0.15, -0.1) is 0 Å². The van der Waals surface area contributed by atoms with Crippen molar-refractivity contribution in [3.05, 3.63) is 0 Å². The number of carbonyl (C=O) groups excluding carboxylic acids is 1. The lowest BCUT2D eigenvalue weighted by Gasteiger charge is -2.28.